The van der Waals surface area contributed by atoms with Gasteiger partial charge in [-0.25, -0.2) is 0 Å². The van der Waals surface area contributed by atoms with Gasteiger partial charge in [0, 0.05) is 4.88 Å². The van der Waals surface area contributed by atoms with Gasteiger partial charge in [-0.3, -0.25) is 4.79 Å². The zero-order valence-electron chi connectivity index (χ0n) is 11.2. The maximum Gasteiger partial charge on any atom is 0.261 e. The molecule has 1 unspecified atom stereocenters. The first-order valence-corrected chi connectivity index (χ1v) is 7.28. The fourth-order valence-corrected chi connectivity index (χ4v) is 3.33. The molecular formula is C14H21NO2S. The maximum absolute atomic E-state index is 12.1. The molecule has 0 fully saturated rings. The zero-order chi connectivity index (χ0) is 13.3. The second-order valence-electron chi connectivity index (χ2n) is 5.90. The first kappa shape index (κ1) is 13.6. The Labute approximate surface area is 112 Å². The molecule has 1 aliphatic rings. The monoisotopic (exact) mass is 267 g/mol. The summed E-state index contributed by atoms with van der Waals surface area (Å²) in [5, 5.41) is 12.0. The fraction of sp³-hybridized carbons (Fsp3) is 0.643. The van der Waals surface area contributed by atoms with Crippen LogP contribution >= 0.6 is 11.3 Å². The second-order valence-corrected chi connectivity index (χ2v) is 7.04. The molecule has 4 heteroatoms. The fourth-order valence-electron chi connectivity index (χ4n) is 2.23. The van der Waals surface area contributed by atoms with E-state index in [4.69, 9.17) is 0 Å². The number of nitrogens with one attached hydrogen (secondary N) is 1. The first-order chi connectivity index (χ1) is 8.41. The average Bonchev–Trinajstić information content (AvgIpc) is 2.71. The lowest BCUT2D eigenvalue weighted by molar-refractivity contribution is 0.0873. The Morgan fingerprint density at radius 1 is 1.61 bits per heavy atom. The molecule has 0 aromatic carbocycles. The summed E-state index contributed by atoms with van der Waals surface area (Å²) >= 11 is 1.60. The highest BCUT2D eigenvalue weighted by Crippen LogP contribution is 2.32. The summed E-state index contributed by atoms with van der Waals surface area (Å²) in [6, 6.07) is 2.03. The number of carbonyl (C=O) groups is 1. The molecule has 1 aromatic heterocycles. The molecule has 2 N–H and O–H groups in total. The van der Waals surface area contributed by atoms with E-state index in [0.29, 0.717) is 0 Å². The smallest absolute Gasteiger partial charge is 0.261 e. The van der Waals surface area contributed by atoms with Gasteiger partial charge in [-0.05, 0) is 50.7 Å². The predicted octanol–water partition coefficient (Wildman–Crippen LogP) is 2.37. The summed E-state index contributed by atoms with van der Waals surface area (Å²) in [6.45, 7) is 5.84. The van der Waals surface area contributed by atoms with Gasteiger partial charge < -0.3 is 10.4 Å². The van der Waals surface area contributed by atoms with E-state index in [0.717, 1.165) is 23.6 Å². The van der Waals surface area contributed by atoms with Gasteiger partial charge in [-0.15, -0.1) is 11.3 Å². The van der Waals surface area contributed by atoms with Crippen LogP contribution in [0.25, 0.3) is 0 Å². The molecular weight excluding hydrogens is 246 g/mol. The van der Waals surface area contributed by atoms with Crippen molar-refractivity contribution in [3.8, 4) is 0 Å². The number of rotatable bonds is 3. The number of thiophene rings is 1. The summed E-state index contributed by atoms with van der Waals surface area (Å²) in [7, 11) is 0. The third-order valence-electron chi connectivity index (χ3n) is 3.40. The highest BCUT2D eigenvalue weighted by atomic mass is 32.1. The van der Waals surface area contributed by atoms with E-state index in [2.05, 4.69) is 12.2 Å². The summed E-state index contributed by atoms with van der Waals surface area (Å²) < 4.78 is 0. The summed E-state index contributed by atoms with van der Waals surface area (Å²) in [6.07, 6.45) is 3.40. The van der Waals surface area contributed by atoms with Crippen molar-refractivity contribution in [1.82, 2.24) is 5.32 Å². The van der Waals surface area contributed by atoms with Crippen LogP contribution in [-0.4, -0.2) is 23.2 Å². The van der Waals surface area contributed by atoms with Crippen LogP contribution in [0.3, 0.4) is 0 Å². The SMILES string of the molecule is CC1CCc2sc(C(=O)NC(C)(C)CO)cc2C1. The number of aliphatic hydroxyl groups is 1. The van der Waals surface area contributed by atoms with Crippen molar-refractivity contribution in [3.05, 3.63) is 21.4 Å². The van der Waals surface area contributed by atoms with Crippen LogP contribution in [0.4, 0.5) is 0 Å². The number of aliphatic hydroxyl groups excluding tert-OH is 1. The molecule has 3 nitrogen and oxygen atoms in total. The standard InChI is InChI=1S/C14H21NO2S/c1-9-4-5-11-10(6-9)7-12(18-11)13(17)15-14(2,3)8-16/h7,9,16H,4-6,8H2,1-3H3,(H,15,17). The number of aryl methyl sites for hydroxylation is 1. The van der Waals surface area contributed by atoms with Crippen molar-refractivity contribution in [2.75, 3.05) is 6.61 Å². The highest BCUT2D eigenvalue weighted by molar-refractivity contribution is 7.14. The van der Waals surface area contributed by atoms with Gasteiger partial charge in [0.25, 0.3) is 5.91 Å². The van der Waals surface area contributed by atoms with Crippen LogP contribution in [-0.2, 0) is 12.8 Å². The highest BCUT2D eigenvalue weighted by Gasteiger charge is 2.24. The Hall–Kier alpha value is -0.870. The van der Waals surface area contributed by atoms with Crippen LogP contribution in [0.15, 0.2) is 6.07 Å². The molecule has 1 aliphatic carbocycles. The van der Waals surface area contributed by atoms with Crippen molar-refractivity contribution in [1.29, 1.82) is 0 Å². The van der Waals surface area contributed by atoms with Gasteiger partial charge in [0.05, 0.1) is 17.0 Å². The number of fused-ring (bicyclic) bond motifs is 1. The molecule has 1 atom stereocenters. The van der Waals surface area contributed by atoms with Gasteiger partial charge in [0.1, 0.15) is 0 Å². The van der Waals surface area contributed by atoms with Gasteiger partial charge in [0.15, 0.2) is 0 Å². The Morgan fingerprint density at radius 3 is 3.00 bits per heavy atom. The van der Waals surface area contributed by atoms with E-state index in [-0.39, 0.29) is 12.5 Å². The summed E-state index contributed by atoms with van der Waals surface area (Å²) in [5.74, 6) is 0.651. The van der Waals surface area contributed by atoms with Crippen LogP contribution in [0.2, 0.25) is 0 Å². The van der Waals surface area contributed by atoms with E-state index in [1.807, 2.05) is 19.9 Å². The normalized spacial score (nSPS) is 19.4. The molecule has 0 radical (unpaired) electrons. The largest absolute Gasteiger partial charge is 0.394 e. The van der Waals surface area contributed by atoms with Crippen LogP contribution in [0.5, 0.6) is 0 Å². The van der Waals surface area contributed by atoms with E-state index in [1.54, 1.807) is 11.3 Å². The number of amides is 1. The lowest BCUT2D eigenvalue weighted by atomic mass is 9.90. The predicted molar refractivity (Wildman–Crippen MR) is 74.1 cm³/mol. The maximum atomic E-state index is 12.1. The van der Waals surface area contributed by atoms with E-state index >= 15 is 0 Å². The zero-order valence-corrected chi connectivity index (χ0v) is 12.1. The van der Waals surface area contributed by atoms with Gasteiger partial charge in [-0.1, -0.05) is 6.92 Å². The van der Waals surface area contributed by atoms with Crippen molar-refractivity contribution >= 4 is 17.2 Å². The quantitative estimate of drug-likeness (QED) is 0.883. The minimum absolute atomic E-state index is 0.0547. The summed E-state index contributed by atoms with van der Waals surface area (Å²) in [4.78, 5) is 14.2. The third kappa shape index (κ3) is 2.93. The molecule has 100 valence electrons. The Kier molecular flexibility index (Phi) is 3.78. The summed E-state index contributed by atoms with van der Waals surface area (Å²) in [5.41, 5.74) is 0.778. The molecule has 0 saturated heterocycles. The van der Waals surface area contributed by atoms with Gasteiger partial charge in [0.2, 0.25) is 0 Å². The third-order valence-corrected chi connectivity index (χ3v) is 4.64. The van der Waals surface area contributed by atoms with E-state index in [1.165, 1.54) is 16.9 Å². The number of hydrogen-bond donors (Lipinski definition) is 2. The lowest BCUT2D eigenvalue weighted by Crippen LogP contribution is -2.46. The molecule has 1 aromatic rings. The Morgan fingerprint density at radius 2 is 2.33 bits per heavy atom. The molecule has 0 aliphatic heterocycles. The minimum atomic E-state index is -0.561. The molecule has 2 rings (SSSR count). The molecule has 0 spiro atoms. The number of carbonyl (C=O) groups excluding carboxylic acids is 1. The molecule has 18 heavy (non-hydrogen) atoms. The van der Waals surface area contributed by atoms with Crippen molar-refractivity contribution in [2.45, 2.75) is 45.6 Å². The second kappa shape index (κ2) is 5.02. The van der Waals surface area contributed by atoms with Crippen LogP contribution in [0, 0.1) is 5.92 Å². The molecule has 1 heterocycles. The minimum Gasteiger partial charge on any atom is -0.394 e. The van der Waals surface area contributed by atoms with E-state index in [9.17, 15) is 9.90 Å². The van der Waals surface area contributed by atoms with Crippen molar-refractivity contribution in [3.63, 3.8) is 0 Å². The van der Waals surface area contributed by atoms with Gasteiger partial charge in [-0.2, -0.15) is 0 Å². The average molecular weight is 267 g/mol. The van der Waals surface area contributed by atoms with E-state index < -0.39 is 5.54 Å². The molecule has 0 saturated carbocycles. The topological polar surface area (TPSA) is 49.3 Å². The van der Waals surface area contributed by atoms with Crippen LogP contribution < -0.4 is 5.32 Å². The first-order valence-electron chi connectivity index (χ1n) is 6.46. The number of hydrogen-bond acceptors (Lipinski definition) is 3. The van der Waals surface area contributed by atoms with Crippen LogP contribution in [0.1, 0.15) is 47.3 Å². The molecule has 1 amide bonds. The van der Waals surface area contributed by atoms with Crippen molar-refractivity contribution < 1.29 is 9.90 Å². The lowest BCUT2D eigenvalue weighted by Gasteiger charge is -2.22. The van der Waals surface area contributed by atoms with Crippen molar-refractivity contribution in [2.24, 2.45) is 5.92 Å². The Balaban J connectivity index is 2.13. The van der Waals surface area contributed by atoms with Gasteiger partial charge >= 0.3 is 0 Å². The Bertz CT molecular complexity index is 451. The molecule has 0 bridgehead atoms.